The minimum atomic E-state index is -0.0880. The summed E-state index contributed by atoms with van der Waals surface area (Å²) < 4.78 is 0. The minimum absolute atomic E-state index is 0. The van der Waals surface area contributed by atoms with E-state index in [0.29, 0.717) is 0 Å². The van der Waals surface area contributed by atoms with E-state index in [1.807, 2.05) is 0 Å². The number of anilines is 1. The van der Waals surface area contributed by atoms with Crippen LogP contribution in [0.15, 0.2) is 18.2 Å². The standard InChI is InChI=1S/C6H7NO2.H2O/c7-5-2-1-4(8)3-6(5)9;/h1-3,8-9H,7H2;1H2/p-1. The van der Waals surface area contributed by atoms with Crippen molar-refractivity contribution in [3.63, 3.8) is 0 Å². The number of phenols is 2. The summed E-state index contributed by atoms with van der Waals surface area (Å²) in [6.45, 7) is 0. The topological polar surface area (TPSA) is 96.5 Å². The summed E-state index contributed by atoms with van der Waals surface area (Å²) >= 11 is 0. The molecule has 0 saturated carbocycles. The third kappa shape index (κ3) is 1.53. The van der Waals surface area contributed by atoms with Crippen molar-refractivity contribution in [3.8, 4) is 11.5 Å². The van der Waals surface area contributed by atoms with Gasteiger partial charge in [-0.2, -0.15) is 0 Å². The van der Waals surface area contributed by atoms with E-state index in [-0.39, 0.29) is 22.7 Å². The molecule has 4 heteroatoms. The highest BCUT2D eigenvalue weighted by Crippen LogP contribution is 2.23. The van der Waals surface area contributed by atoms with Gasteiger partial charge in [0.05, 0.1) is 5.69 Å². The van der Waals surface area contributed by atoms with E-state index < -0.39 is 0 Å². The first-order valence-electron chi connectivity index (χ1n) is 2.47. The lowest BCUT2D eigenvalue weighted by Gasteiger charge is -1.96. The Hall–Kier alpha value is -1.42. The fraction of sp³-hybridized carbons (Fsp3) is 0. The van der Waals surface area contributed by atoms with Gasteiger partial charge in [-0.15, -0.1) is 0 Å². The first-order valence-corrected chi connectivity index (χ1v) is 2.47. The Bertz CT molecular complexity index is 224. The number of phenolic OH excluding ortho intramolecular Hbond substituents is 2. The van der Waals surface area contributed by atoms with Gasteiger partial charge in [-0.05, 0) is 12.1 Å². The number of hydrogen-bond donors (Lipinski definition) is 3. The van der Waals surface area contributed by atoms with Crippen LogP contribution in [0.1, 0.15) is 0 Å². The monoisotopic (exact) mass is 142 g/mol. The van der Waals surface area contributed by atoms with Gasteiger partial charge < -0.3 is 21.4 Å². The second-order valence-electron chi connectivity index (χ2n) is 1.74. The fourth-order valence-electron chi connectivity index (χ4n) is 0.532. The van der Waals surface area contributed by atoms with E-state index in [4.69, 9.17) is 15.9 Å². The van der Waals surface area contributed by atoms with Gasteiger partial charge >= 0.3 is 0 Å². The molecule has 0 aliphatic heterocycles. The highest BCUT2D eigenvalue weighted by atomic mass is 16.3. The van der Waals surface area contributed by atoms with E-state index in [1.165, 1.54) is 18.2 Å². The van der Waals surface area contributed by atoms with Gasteiger partial charge in [0, 0.05) is 6.07 Å². The molecule has 1 aromatic carbocycles. The molecule has 10 heavy (non-hydrogen) atoms. The van der Waals surface area contributed by atoms with E-state index in [0.717, 1.165) is 0 Å². The lowest BCUT2D eigenvalue weighted by Crippen LogP contribution is -1.82. The summed E-state index contributed by atoms with van der Waals surface area (Å²) in [5.41, 5.74) is 5.50. The van der Waals surface area contributed by atoms with Crippen molar-refractivity contribution in [3.05, 3.63) is 18.2 Å². The van der Waals surface area contributed by atoms with Gasteiger partial charge in [0.25, 0.3) is 0 Å². The van der Waals surface area contributed by atoms with Crippen LogP contribution in [0.5, 0.6) is 11.5 Å². The molecule has 0 radical (unpaired) electrons. The zero-order valence-corrected chi connectivity index (χ0v) is 5.15. The Morgan fingerprint density at radius 1 is 1.20 bits per heavy atom. The van der Waals surface area contributed by atoms with Crippen LogP contribution < -0.4 is 5.73 Å². The van der Waals surface area contributed by atoms with Gasteiger partial charge in [0.2, 0.25) is 0 Å². The van der Waals surface area contributed by atoms with Crippen LogP contribution in [0.25, 0.3) is 0 Å². The third-order valence-corrected chi connectivity index (χ3v) is 1.01. The van der Waals surface area contributed by atoms with Crippen LogP contribution in [0.4, 0.5) is 5.69 Å². The zero-order valence-electron chi connectivity index (χ0n) is 5.15. The second-order valence-corrected chi connectivity index (χ2v) is 1.74. The number of benzene rings is 1. The van der Waals surface area contributed by atoms with Gasteiger partial charge in [-0.1, -0.05) is 0 Å². The molecule has 0 atom stereocenters. The van der Waals surface area contributed by atoms with Crippen LogP contribution in [0, 0.1) is 0 Å². The Kier molecular flexibility index (Phi) is 2.52. The number of nitrogens with two attached hydrogens (primary N) is 1. The zero-order chi connectivity index (χ0) is 6.85. The van der Waals surface area contributed by atoms with E-state index in [2.05, 4.69) is 0 Å². The molecule has 0 amide bonds. The molecular weight excluding hydrogens is 134 g/mol. The van der Waals surface area contributed by atoms with Crippen molar-refractivity contribution >= 4 is 5.69 Å². The Labute approximate surface area is 57.8 Å². The van der Waals surface area contributed by atoms with Crippen molar-refractivity contribution in [2.24, 2.45) is 0 Å². The van der Waals surface area contributed by atoms with Gasteiger partial charge in [-0.25, -0.2) is 0 Å². The molecule has 4 nitrogen and oxygen atoms in total. The highest BCUT2D eigenvalue weighted by molar-refractivity contribution is 5.54. The van der Waals surface area contributed by atoms with Crippen molar-refractivity contribution in [2.75, 3.05) is 5.73 Å². The SMILES string of the molecule is Nc1ccc(O)cc1O.[OH-]. The van der Waals surface area contributed by atoms with Crippen LogP contribution in [-0.2, 0) is 0 Å². The van der Waals surface area contributed by atoms with Gasteiger partial charge in [0.1, 0.15) is 11.5 Å². The number of hydrogen-bond acceptors (Lipinski definition) is 4. The van der Waals surface area contributed by atoms with E-state index in [9.17, 15) is 0 Å². The molecule has 1 aromatic rings. The third-order valence-electron chi connectivity index (χ3n) is 1.01. The molecule has 0 heterocycles. The molecule has 0 spiro atoms. The molecular formula is C6H8NO3-. The predicted octanol–water partition coefficient (Wildman–Crippen LogP) is 0.503. The first-order chi connectivity index (χ1) is 4.20. The van der Waals surface area contributed by atoms with Crippen LogP contribution >= 0.6 is 0 Å². The summed E-state index contributed by atoms with van der Waals surface area (Å²) in [6, 6.07) is 4.04. The predicted molar refractivity (Wildman–Crippen MR) is 36.1 cm³/mol. The number of nitrogen functional groups attached to an aromatic ring is 1. The van der Waals surface area contributed by atoms with Gasteiger partial charge in [0.15, 0.2) is 0 Å². The van der Waals surface area contributed by atoms with Crippen molar-refractivity contribution in [1.29, 1.82) is 0 Å². The molecule has 0 fully saturated rings. The normalized spacial score (nSPS) is 8.40. The second kappa shape index (κ2) is 2.93. The first kappa shape index (κ1) is 8.58. The molecule has 0 aromatic heterocycles. The molecule has 0 bridgehead atoms. The average Bonchev–Trinajstić information content (AvgIpc) is 1.80. The molecule has 56 valence electrons. The van der Waals surface area contributed by atoms with Crippen LogP contribution in [0.2, 0.25) is 0 Å². The lowest BCUT2D eigenvalue weighted by atomic mass is 10.3. The van der Waals surface area contributed by atoms with E-state index >= 15 is 0 Å². The highest BCUT2D eigenvalue weighted by Gasteiger charge is 1.94. The van der Waals surface area contributed by atoms with Gasteiger partial charge in [-0.3, -0.25) is 0 Å². The average molecular weight is 142 g/mol. The maximum absolute atomic E-state index is 8.82. The van der Waals surface area contributed by atoms with Crippen molar-refractivity contribution in [2.45, 2.75) is 0 Å². The molecule has 0 aliphatic carbocycles. The molecule has 0 aliphatic rings. The quantitative estimate of drug-likeness (QED) is 0.279. The summed E-state index contributed by atoms with van der Waals surface area (Å²) in [7, 11) is 0. The van der Waals surface area contributed by atoms with Crippen LogP contribution in [0.3, 0.4) is 0 Å². The molecule has 0 unspecified atom stereocenters. The minimum Gasteiger partial charge on any atom is -0.870 e. The Morgan fingerprint density at radius 2 is 1.80 bits per heavy atom. The number of rotatable bonds is 0. The molecule has 0 saturated heterocycles. The Balaban J connectivity index is 0.000000810. The summed E-state index contributed by atoms with van der Waals surface area (Å²) in [5, 5.41) is 17.5. The largest absolute Gasteiger partial charge is 0.870 e. The smallest absolute Gasteiger partial charge is 0.142 e. The van der Waals surface area contributed by atoms with E-state index in [1.54, 1.807) is 0 Å². The molecule has 5 N–H and O–H groups in total. The maximum Gasteiger partial charge on any atom is 0.142 e. The van der Waals surface area contributed by atoms with Crippen molar-refractivity contribution < 1.29 is 15.7 Å². The summed E-state index contributed by atoms with van der Waals surface area (Å²) in [5.74, 6) is -0.0725. The molecule has 1 rings (SSSR count). The lowest BCUT2D eigenvalue weighted by molar-refractivity contribution is 0.452. The summed E-state index contributed by atoms with van der Waals surface area (Å²) in [4.78, 5) is 0. The van der Waals surface area contributed by atoms with Crippen molar-refractivity contribution in [1.82, 2.24) is 0 Å². The summed E-state index contributed by atoms with van der Waals surface area (Å²) in [6.07, 6.45) is 0. The van der Waals surface area contributed by atoms with Crippen LogP contribution in [-0.4, -0.2) is 15.7 Å². The Morgan fingerprint density at radius 3 is 2.20 bits per heavy atom. The fourth-order valence-corrected chi connectivity index (χ4v) is 0.532. The maximum atomic E-state index is 8.82. The number of aromatic hydroxyl groups is 2.